The summed E-state index contributed by atoms with van der Waals surface area (Å²) < 4.78 is 1.22. The molecule has 0 unspecified atom stereocenters. The van der Waals surface area contributed by atoms with Crippen LogP contribution in [0.15, 0.2) is 212 Å². The van der Waals surface area contributed by atoms with Crippen molar-refractivity contribution in [1.82, 2.24) is 0 Å². The van der Waals surface area contributed by atoms with Gasteiger partial charge in [0.25, 0.3) is 0 Å². The molecule has 12 rings (SSSR count). The zero-order valence-electron chi connectivity index (χ0n) is 48.4. The topological polar surface area (TPSA) is 6.48 Å². The number of fused-ring (bicyclic) bond motifs is 1. The Bertz CT molecular complexity index is 4260. The summed E-state index contributed by atoms with van der Waals surface area (Å²) >= 11 is 10.4. The molecule has 2 nitrogen and oxygen atoms in total. The average molecular weight is 1080 g/mol. The normalized spacial score (nSPS) is 12.6. The summed E-state index contributed by atoms with van der Waals surface area (Å²) in [5, 5.41) is 11.7. The van der Waals surface area contributed by atoms with Crippen molar-refractivity contribution in [2.24, 2.45) is 0 Å². The fourth-order valence-corrected chi connectivity index (χ4v) is 12.9. The number of anilines is 6. The van der Waals surface area contributed by atoms with Gasteiger partial charge in [0.05, 0.1) is 33.5 Å². The quantitative estimate of drug-likeness (QED) is 0.133. The third kappa shape index (κ3) is 9.63. The van der Waals surface area contributed by atoms with Crippen molar-refractivity contribution < 1.29 is 0 Å². The van der Waals surface area contributed by atoms with Gasteiger partial charge in [0, 0.05) is 32.3 Å². The SMILES string of the molecule is CC(C)(C)c1ccc(N(c2ccc(C(C)(C)C)cc2-c2ccc3ccc4cccc5ccc2c3c45)c2cc(-c3ccccc3)cc(N(c3ccc(C(C)(C)C)cc3-c3ccccc3)c3csc4ccc(C(C)(C)C)cc34)c2Cl)cc1. The van der Waals surface area contributed by atoms with Gasteiger partial charge in [0.2, 0.25) is 0 Å². The fourth-order valence-electron chi connectivity index (χ4n) is 11.7. The molecule has 0 spiro atoms. The Balaban J connectivity index is 1.21. The van der Waals surface area contributed by atoms with E-state index in [0.717, 1.165) is 61.9 Å². The Labute approximate surface area is 483 Å². The lowest BCUT2D eigenvalue weighted by molar-refractivity contribution is 0.590. The van der Waals surface area contributed by atoms with Crippen LogP contribution in [-0.2, 0) is 21.7 Å². The molecule has 12 aromatic rings. The second-order valence-electron chi connectivity index (χ2n) is 26.0. The number of rotatable bonds is 9. The molecule has 0 aliphatic heterocycles. The summed E-state index contributed by atoms with van der Waals surface area (Å²) in [6, 6.07) is 77.3. The minimum absolute atomic E-state index is 0.0572. The van der Waals surface area contributed by atoms with E-state index >= 15 is 0 Å². The maximum absolute atomic E-state index is 8.61. The number of benzene rings is 11. The maximum atomic E-state index is 8.61. The largest absolute Gasteiger partial charge is 0.308 e. The molecule has 0 radical (unpaired) electrons. The van der Waals surface area contributed by atoms with E-state index in [-0.39, 0.29) is 21.7 Å². The molecule has 4 heteroatoms. The predicted molar refractivity (Wildman–Crippen MR) is 351 cm³/mol. The minimum atomic E-state index is -0.135. The van der Waals surface area contributed by atoms with Gasteiger partial charge in [-0.2, -0.15) is 0 Å². The van der Waals surface area contributed by atoms with Crippen LogP contribution in [0.5, 0.6) is 0 Å². The van der Waals surface area contributed by atoms with Crippen LogP contribution in [0.2, 0.25) is 5.02 Å². The zero-order chi connectivity index (χ0) is 56.0. The summed E-state index contributed by atoms with van der Waals surface area (Å²) in [7, 11) is 0. The monoisotopic (exact) mass is 1080 g/mol. The van der Waals surface area contributed by atoms with Gasteiger partial charge in [-0.25, -0.2) is 0 Å². The van der Waals surface area contributed by atoms with Gasteiger partial charge in [-0.15, -0.1) is 11.3 Å². The van der Waals surface area contributed by atoms with Crippen LogP contribution in [0.1, 0.15) is 105 Å². The molecule has 0 N–H and O–H groups in total. The molecule has 0 saturated heterocycles. The maximum Gasteiger partial charge on any atom is 0.0887 e. The molecule has 0 amide bonds. The van der Waals surface area contributed by atoms with Crippen LogP contribution in [0, 0.1) is 0 Å². The second-order valence-corrected chi connectivity index (χ2v) is 27.3. The summed E-state index contributed by atoms with van der Waals surface area (Å²) in [6.45, 7) is 27.6. The lowest BCUT2D eigenvalue weighted by atomic mass is 9.83. The molecule has 0 fully saturated rings. The molecular weight excluding hydrogens is 1010 g/mol. The summed E-state index contributed by atoms with van der Waals surface area (Å²) in [6.07, 6.45) is 0. The third-order valence-electron chi connectivity index (χ3n) is 16.4. The molecular formula is C76H71ClN2S. The number of hydrogen-bond acceptors (Lipinski definition) is 3. The first-order valence-electron chi connectivity index (χ1n) is 28.2. The first kappa shape index (κ1) is 53.0. The van der Waals surface area contributed by atoms with Gasteiger partial charge in [0.1, 0.15) is 0 Å². The Hall–Kier alpha value is -7.69. The highest BCUT2D eigenvalue weighted by Gasteiger charge is 2.31. The summed E-state index contributed by atoms with van der Waals surface area (Å²) in [5.41, 5.74) is 17.4. The molecule has 1 aromatic heterocycles. The van der Waals surface area contributed by atoms with Crippen LogP contribution in [-0.4, -0.2) is 0 Å². The van der Waals surface area contributed by atoms with Crippen LogP contribution in [0.25, 0.3) is 75.8 Å². The number of nitrogens with zero attached hydrogens (tertiary/aromatic N) is 2. The molecule has 1 heterocycles. The van der Waals surface area contributed by atoms with Gasteiger partial charge in [-0.1, -0.05) is 240 Å². The smallest absolute Gasteiger partial charge is 0.0887 e. The van der Waals surface area contributed by atoms with E-state index in [2.05, 4.69) is 305 Å². The lowest BCUT2D eigenvalue weighted by Gasteiger charge is -2.34. The van der Waals surface area contributed by atoms with E-state index in [0.29, 0.717) is 5.02 Å². The lowest BCUT2D eigenvalue weighted by Crippen LogP contribution is -2.18. The molecule has 11 aromatic carbocycles. The predicted octanol–water partition coefficient (Wildman–Crippen LogP) is 23.6. The molecule has 398 valence electrons. The van der Waals surface area contributed by atoms with Gasteiger partial charge in [0.15, 0.2) is 0 Å². The highest BCUT2D eigenvalue weighted by atomic mass is 35.5. The summed E-state index contributed by atoms with van der Waals surface area (Å²) in [5.74, 6) is 0. The highest BCUT2D eigenvalue weighted by Crippen LogP contribution is 2.55. The Kier molecular flexibility index (Phi) is 13.1. The van der Waals surface area contributed by atoms with Gasteiger partial charge < -0.3 is 9.80 Å². The third-order valence-corrected chi connectivity index (χ3v) is 17.7. The van der Waals surface area contributed by atoms with E-state index in [1.165, 1.54) is 70.2 Å². The van der Waals surface area contributed by atoms with E-state index in [1.807, 2.05) is 0 Å². The van der Waals surface area contributed by atoms with Crippen molar-refractivity contribution in [3.63, 3.8) is 0 Å². The van der Waals surface area contributed by atoms with Crippen molar-refractivity contribution in [2.75, 3.05) is 9.80 Å². The number of halogens is 1. The molecule has 0 aliphatic rings. The number of thiophene rings is 1. The second kappa shape index (κ2) is 19.8. The molecule has 0 atom stereocenters. The molecule has 0 bridgehead atoms. The fraction of sp³-hybridized carbons (Fsp3) is 0.211. The van der Waals surface area contributed by atoms with Crippen LogP contribution >= 0.6 is 22.9 Å². The first-order chi connectivity index (χ1) is 38.1. The van der Waals surface area contributed by atoms with E-state index in [9.17, 15) is 0 Å². The molecule has 0 aliphatic carbocycles. The highest BCUT2D eigenvalue weighted by molar-refractivity contribution is 7.17. The first-order valence-corrected chi connectivity index (χ1v) is 29.5. The Morgan fingerprint density at radius 3 is 1.41 bits per heavy atom. The van der Waals surface area contributed by atoms with Crippen LogP contribution in [0.3, 0.4) is 0 Å². The average Bonchev–Trinajstić information content (AvgIpc) is 3.96. The van der Waals surface area contributed by atoms with E-state index in [4.69, 9.17) is 11.6 Å². The van der Waals surface area contributed by atoms with Crippen LogP contribution in [0.4, 0.5) is 34.1 Å². The van der Waals surface area contributed by atoms with E-state index < -0.39 is 0 Å². The van der Waals surface area contributed by atoms with Crippen molar-refractivity contribution in [1.29, 1.82) is 0 Å². The van der Waals surface area contributed by atoms with Crippen LogP contribution < -0.4 is 9.80 Å². The Morgan fingerprint density at radius 1 is 0.325 bits per heavy atom. The van der Waals surface area contributed by atoms with Crippen molar-refractivity contribution in [3.05, 3.63) is 239 Å². The van der Waals surface area contributed by atoms with Gasteiger partial charge >= 0.3 is 0 Å². The van der Waals surface area contributed by atoms with Gasteiger partial charge in [-0.3, -0.25) is 0 Å². The van der Waals surface area contributed by atoms with Gasteiger partial charge in [-0.05, 0) is 159 Å². The summed E-state index contributed by atoms with van der Waals surface area (Å²) in [4.78, 5) is 4.93. The molecule has 0 saturated carbocycles. The standard InChI is InChI=1S/C76H71ClN2S/c1-73(2,3)54-30-35-58(36-31-54)78(65-40-33-56(75(7,8)9)45-62(65)59-37-28-52-27-26-50-24-19-25-51-29-38-60(59)71(52)70(50)51)66-42-53(48-20-15-13-16-21-48)43-67(72(66)77)79(68-47-80-69-41-34-57(46-63(68)69)76(10,11)12)64-39-32-55(74(4,5)6)44-61(64)49-22-17-14-18-23-49/h13-47H,1-12H3. The van der Waals surface area contributed by atoms with Crippen molar-refractivity contribution in [3.8, 4) is 33.4 Å². The van der Waals surface area contributed by atoms with E-state index in [1.54, 1.807) is 11.3 Å². The Morgan fingerprint density at radius 2 is 0.812 bits per heavy atom. The number of hydrogen-bond donors (Lipinski definition) is 0. The minimum Gasteiger partial charge on any atom is -0.308 e. The van der Waals surface area contributed by atoms with Crippen molar-refractivity contribution in [2.45, 2.75) is 105 Å². The molecule has 80 heavy (non-hydrogen) atoms. The zero-order valence-corrected chi connectivity index (χ0v) is 50.0. The van der Waals surface area contributed by atoms with Crippen molar-refractivity contribution >= 4 is 99.5 Å².